The summed E-state index contributed by atoms with van der Waals surface area (Å²) in [4.78, 5) is 0. The van der Waals surface area contributed by atoms with Crippen molar-refractivity contribution in [3.8, 4) is 5.69 Å². The number of aromatic nitrogens is 6. The maximum atomic E-state index is 4.19. The molecule has 7 heteroatoms. The van der Waals surface area contributed by atoms with E-state index in [1.54, 1.807) is 15.6 Å². The summed E-state index contributed by atoms with van der Waals surface area (Å²) in [6.45, 7) is 0.521. The van der Waals surface area contributed by atoms with Crippen molar-refractivity contribution in [3.63, 3.8) is 0 Å². The molecule has 0 atom stereocenters. The van der Waals surface area contributed by atoms with E-state index in [1.807, 2.05) is 36.5 Å². The number of nitrogens with zero attached hydrogens (tertiary/aromatic N) is 6. The summed E-state index contributed by atoms with van der Waals surface area (Å²) >= 11 is 3.36. The zero-order valence-electron chi connectivity index (χ0n) is 9.31. The summed E-state index contributed by atoms with van der Waals surface area (Å²) in [5, 5.41) is 15.9. The molecule has 3 rings (SSSR count). The molecule has 90 valence electrons. The van der Waals surface area contributed by atoms with Crippen molar-refractivity contribution in [2.24, 2.45) is 0 Å². The first kappa shape index (κ1) is 11.1. The van der Waals surface area contributed by atoms with Crippen molar-refractivity contribution in [3.05, 3.63) is 53.0 Å². The van der Waals surface area contributed by atoms with Crippen LogP contribution >= 0.6 is 15.9 Å². The average Bonchev–Trinajstić information content (AvgIpc) is 3.00. The predicted molar refractivity (Wildman–Crippen MR) is 68.2 cm³/mol. The smallest absolute Gasteiger partial charge is 0.178 e. The van der Waals surface area contributed by atoms with Gasteiger partial charge in [-0.25, -0.2) is 0 Å². The number of tetrazole rings is 1. The van der Waals surface area contributed by atoms with E-state index < -0.39 is 0 Å². The number of rotatable bonds is 3. The molecule has 0 saturated heterocycles. The second-order valence-electron chi connectivity index (χ2n) is 3.70. The highest BCUT2D eigenvalue weighted by atomic mass is 79.9. The van der Waals surface area contributed by atoms with E-state index in [4.69, 9.17) is 0 Å². The van der Waals surface area contributed by atoms with Crippen molar-refractivity contribution >= 4 is 15.9 Å². The zero-order chi connectivity index (χ0) is 12.4. The first-order valence-corrected chi connectivity index (χ1v) is 6.13. The van der Waals surface area contributed by atoms with Crippen LogP contribution in [0.1, 0.15) is 5.82 Å². The normalized spacial score (nSPS) is 10.7. The monoisotopic (exact) mass is 304 g/mol. The molecule has 0 N–H and O–H groups in total. The van der Waals surface area contributed by atoms with Crippen molar-refractivity contribution in [2.45, 2.75) is 6.54 Å². The third-order valence-electron chi connectivity index (χ3n) is 2.44. The molecule has 0 radical (unpaired) electrons. The number of hydrogen-bond donors (Lipinski definition) is 0. The minimum atomic E-state index is 0.521. The molecule has 0 aliphatic carbocycles. The number of benzene rings is 1. The van der Waals surface area contributed by atoms with Crippen LogP contribution in [0.3, 0.4) is 0 Å². The Morgan fingerprint density at radius 3 is 2.72 bits per heavy atom. The molecule has 1 aromatic carbocycles. The van der Waals surface area contributed by atoms with Crippen LogP contribution in [0.2, 0.25) is 0 Å². The van der Waals surface area contributed by atoms with Gasteiger partial charge in [0.25, 0.3) is 0 Å². The van der Waals surface area contributed by atoms with E-state index in [2.05, 4.69) is 36.6 Å². The topological polar surface area (TPSA) is 61.4 Å². The maximum absolute atomic E-state index is 4.19. The molecule has 0 spiro atoms. The molecule has 0 aliphatic heterocycles. The summed E-state index contributed by atoms with van der Waals surface area (Å²) in [5.74, 6) is 0.733. The minimum absolute atomic E-state index is 0.521. The van der Waals surface area contributed by atoms with Gasteiger partial charge in [0.05, 0.1) is 16.4 Å². The van der Waals surface area contributed by atoms with Crippen LogP contribution < -0.4 is 0 Å². The van der Waals surface area contributed by atoms with Gasteiger partial charge in [0, 0.05) is 6.20 Å². The molecule has 0 aliphatic rings. The fraction of sp³-hybridized carbons (Fsp3) is 0.0909. The van der Waals surface area contributed by atoms with Crippen molar-refractivity contribution < 1.29 is 0 Å². The highest BCUT2D eigenvalue weighted by Gasteiger charge is 2.08. The highest BCUT2D eigenvalue weighted by Crippen LogP contribution is 2.10. The first-order valence-electron chi connectivity index (χ1n) is 5.33. The number of halogens is 1. The lowest BCUT2D eigenvalue weighted by molar-refractivity contribution is 0.634. The lowest BCUT2D eigenvalue weighted by Gasteiger charge is -2.04. The summed E-state index contributed by atoms with van der Waals surface area (Å²) in [6, 6.07) is 9.77. The molecule has 3 aromatic rings. The Bertz CT molecular complexity index is 644. The molecule has 6 nitrogen and oxygen atoms in total. The van der Waals surface area contributed by atoms with E-state index in [1.165, 1.54) is 0 Å². The van der Waals surface area contributed by atoms with Crippen LogP contribution in [-0.4, -0.2) is 30.0 Å². The molecule has 18 heavy (non-hydrogen) atoms. The van der Waals surface area contributed by atoms with Crippen molar-refractivity contribution in [2.75, 3.05) is 0 Å². The second-order valence-corrected chi connectivity index (χ2v) is 4.61. The van der Waals surface area contributed by atoms with Crippen LogP contribution in [0.25, 0.3) is 5.69 Å². The van der Waals surface area contributed by atoms with E-state index in [-0.39, 0.29) is 0 Å². The maximum Gasteiger partial charge on any atom is 0.178 e. The lowest BCUT2D eigenvalue weighted by Crippen LogP contribution is -2.08. The quantitative estimate of drug-likeness (QED) is 0.738. The average molecular weight is 305 g/mol. The van der Waals surface area contributed by atoms with Crippen molar-refractivity contribution in [1.82, 2.24) is 30.0 Å². The Kier molecular flexibility index (Phi) is 2.89. The van der Waals surface area contributed by atoms with Gasteiger partial charge in [0.15, 0.2) is 5.82 Å². The SMILES string of the molecule is Brc1cnn(Cc2nnnn2-c2ccccc2)c1. The molecule has 0 amide bonds. The van der Waals surface area contributed by atoms with Crippen LogP contribution in [-0.2, 0) is 6.54 Å². The van der Waals surface area contributed by atoms with E-state index in [0.717, 1.165) is 16.0 Å². The minimum Gasteiger partial charge on any atom is -0.264 e. The van der Waals surface area contributed by atoms with Crippen LogP contribution in [0, 0.1) is 0 Å². The molecule has 2 heterocycles. The van der Waals surface area contributed by atoms with Gasteiger partial charge in [-0.3, -0.25) is 4.68 Å². The van der Waals surface area contributed by atoms with Gasteiger partial charge in [-0.05, 0) is 38.5 Å². The van der Waals surface area contributed by atoms with E-state index >= 15 is 0 Å². The van der Waals surface area contributed by atoms with Crippen LogP contribution in [0.4, 0.5) is 0 Å². The van der Waals surface area contributed by atoms with Gasteiger partial charge < -0.3 is 0 Å². The van der Waals surface area contributed by atoms with E-state index in [9.17, 15) is 0 Å². The van der Waals surface area contributed by atoms with Crippen LogP contribution in [0.15, 0.2) is 47.2 Å². The van der Waals surface area contributed by atoms with Gasteiger partial charge >= 0.3 is 0 Å². The summed E-state index contributed by atoms with van der Waals surface area (Å²) in [6.07, 6.45) is 3.61. The Labute approximate surface area is 111 Å². The molecule has 0 unspecified atom stereocenters. The fourth-order valence-corrected chi connectivity index (χ4v) is 1.97. The summed E-state index contributed by atoms with van der Waals surface area (Å²) in [5.41, 5.74) is 0.934. The largest absolute Gasteiger partial charge is 0.264 e. The second kappa shape index (κ2) is 4.69. The van der Waals surface area contributed by atoms with Gasteiger partial charge in [-0.1, -0.05) is 18.2 Å². The molecule has 0 saturated carbocycles. The highest BCUT2D eigenvalue weighted by molar-refractivity contribution is 9.10. The van der Waals surface area contributed by atoms with Gasteiger partial charge in [0.1, 0.15) is 6.54 Å². The van der Waals surface area contributed by atoms with Crippen LogP contribution in [0.5, 0.6) is 0 Å². The number of para-hydroxylation sites is 1. The lowest BCUT2D eigenvalue weighted by atomic mass is 10.3. The van der Waals surface area contributed by atoms with Gasteiger partial charge in [-0.2, -0.15) is 9.78 Å². The molecular weight excluding hydrogens is 296 g/mol. The Morgan fingerprint density at radius 2 is 2.00 bits per heavy atom. The fourth-order valence-electron chi connectivity index (χ4n) is 1.64. The third-order valence-corrected chi connectivity index (χ3v) is 2.85. The van der Waals surface area contributed by atoms with Gasteiger partial charge in [0.2, 0.25) is 0 Å². The van der Waals surface area contributed by atoms with Gasteiger partial charge in [-0.15, -0.1) is 5.10 Å². The first-order chi connectivity index (χ1) is 8.83. The number of hydrogen-bond acceptors (Lipinski definition) is 4. The zero-order valence-corrected chi connectivity index (χ0v) is 10.9. The third kappa shape index (κ3) is 2.17. The Morgan fingerprint density at radius 1 is 1.17 bits per heavy atom. The Balaban J connectivity index is 1.93. The molecule has 0 fully saturated rings. The van der Waals surface area contributed by atoms with Crippen molar-refractivity contribution in [1.29, 1.82) is 0 Å². The predicted octanol–water partition coefficient (Wildman–Crippen LogP) is 1.67. The van der Waals surface area contributed by atoms with E-state index in [0.29, 0.717) is 6.54 Å². The molecular formula is C11H9BrN6. The molecule has 2 aromatic heterocycles. The molecule has 0 bridgehead atoms. The standard InChI is InChI=1S/C11H9BrN6/c12-9-6-13-17(7-9)8-11-14-15-16-18(11)10-4-2-1-3-5-10/h1-7H,8H2. The summed E-state index contributed by atoms with van der Waals surface area (Å²) in [7, 11) is 0. The Hall–Kier alpha value is -2.02. The summed E-state index contributed by atoms with van der Waals surface area (Å²) < 4.78 is 4.41.